The number of carbonyl (C=O) groups excluding carboxylic acids is 1. The second kappa shape index (κ2) is 9.12. The maximum absolute atomic E-state index is 12.2. The van der Waals surface area contributed by atoms with E-state index in [0.717, 1.165) is 29.9 Å². The van der Waals surface area contributed by atoms with Crippen molar-refractivity contribution in [3.63, 3.8) is 0 Å². The lowest BCUT2D eigenvalue weighted by Gasteiger charge is -2.08. The number of rotatable bonds is 8. The van der Waals surface area contributed by atoms with Crippen LogP contribution in [0.3, 0.4) is 0 Å². The minimum absolute atomic E-state index is 0.199. The van der Waals surface area contributed by atoms with E-state index in [0.29, 0.717) is 17.7 Å². The third-order valence-corrected chi connectivity index (χ3v) is 4.56. The van der Waals surface area contributed by atoms with Crippen LogP contribution in [-0.4, -0.2) is 16.5 Å². The molecule has 1 heterocycles. The van der Waals surface area contributed by atoms with Crippen LogP contribution < -0.4 is 0 Å². The van der Waals surface area contributed by atoms with Gasteiger partial charge in [0.2, 0.25) is 0 Å². The van der Waals surface area contributed by atoms with E-state index in [1.54, 1.807) is 12.1 Å². The Labute approximate surface area is 141 Å². The highest BCUT2D eigenvalue weighted by Gasteiger charge is 2.09. The van der Waals surface area contributed by atoms with Gasteiger partial charge in [0.25, 0.3) is 0 Å². The smallest absolute Gasteiger partial charge is 0.147 e. The first kappa shape index (κ1) is 17.2. The number of nitriles is 1. The highest BCUT2D eigenvalue weighted by molar-refractivity contribution is 7.99. The van der Waals surface area contributed by atoms with Gasteiger partial charge in [0, 0.05) is 12.6 Å². The Bertz CT molecular complexity index is 689. The quantitative estimate of drug-likeness (QED) is 0.683. The van der Waals surface area contributed by atoms with Crippen LogP contribution in [0, 0.1) is 11.3 Å². The molecule has 118 valence electrons. The summed E-state index contributed by atoms with van der Waals surface area (Å²) in [5.41, 5.74) is 2.95. The second-order valence-electron chi connectivity index (χ2n) is 5.37. The van der Waals surface area contributed by atoms with E-state index >= 15 is 0 Å². The maximum atomic E-state index is 12.2. The van der Waals surface area contributed by atoms with Crippen molar-refractivity contribution in [2.75, 3.05) is 5.75 Å². The van der Waals surface area contributed by atoms with Crippen LogP contribution in [0.5, 0.6) is 0 Å². The average molecular weight is 324 g/mol. The van der Waals surface area contributed by atoms with Gasteiger partial charge in [-0.2, -0.15) is 5.26 Å². The molecule has 0 atom stereocenters. The summed E-state index contributed by atoms with van der Waals surface area (Å²) in [6.45, 7) is 2.18. The van der Waals surface area contributed by atoms with E-state index in [1.165, 1.54) is 23.5 Å². The Morgan fingerprint density at radius 1 is 1.22 bits per heavy atom. The number of carbonyl (C=O) groups is 1. The number of hydrogen-bond acceptors (Lipinski definition) is 4. The summed E-state index contributed by atoms with van der Waals surface area (Å²) in [6, 6.07) is 13.7. The van der Waals surface area contributed by atoms with Crippen LogP contribution >= 0.6 is 11.8 Å². The molecule has 23 heavy (non-hydrogen) atoms. The number of thioether (sulfide) groups is 1. The van der Waals surface area contributed by atoms with Crippen molar-refractivity contribution >= 4 is 17.5 Å². The van der Waals surface area contributed by atoms with Crippen LogP contribution in [-0.2, 0) is 17.6 Å². The lowest BCUT2D eigenvalue weighted by Crippen LogP contribution is -2.08. The van der Waals surface area contributed by atoms with Crippen LogP contribution in [0.25, 0.3) is 0 Å². The highest BCUT2D eigenvalue weighted by Crippen LogP contribution is 2.18. The summed E-state index contributed by atoms with van der Waals surface area (Å²) in [4.78, 5) is 16.4. The largest absolute Gasteiger partial charge is 0.298 e. The average Bonchev–Trinajstić information content (AvgIpc) is 2.59. The van der Waals surface area contributed by atoms with E-state index in [9.17, 15) is 4.79 Å². The molecular formula is C19H20N2OS. The fraction of sp³-hybridized carbons (Fsp3) is 0.316. The molecule has 0 bridgehead atoms. The van der Waals surface area contributed by atoms with Crippen molar-refractivity contribution in [2.45, 2.75) is 37.6 Å². The molecule has 1 aromatic heterocycles. The van der Waals surface area contributed by atoms with E-state index in [1.807, 2.05) is 24.3 Å². The van der Waals surface area contributed by atoms with Crippen molar-refractivity contribution in [3.05, 3.63) is 59.3 Å². The standard InChI is InChI=1S/C19H20N2OS/c1-2-3-6-16-7-4-5-8-17(16)11-18(22)14-23-19-10-9-15(12-20)13-21-19/h4-5,7-10,13H,2-3,6,11,14H2,1H3. The molecule has 0 aliphatic rings. The van der Waals surface area contributed by atoms with Crippen molar-refractivity contribution < 1.29 is 4.79 Å². The molecule has 1 aromatic carbocycles. The maximum Gasteiger partial charge on any atom is 0.147 e. The number of unbranched alkanes of at least 4 members (excludes halogenated alkanes) is 1. The van der Waals surface area contributed by atoms with E-state index in [4.69, 9.17) is 5.26 Å². The number of benzene rings is 1. The summed E-state index contributed by atoms with van der Waals surface area (Å²) in [6.07, 6.45) is 5.35. The van der Waals surface area contributed by atoms with Crippen LogP contribution in [0.4, 0.5) is 0 Å². The molecule has 0 saturated heterocycles. The van der Waals surface area contributed by atoms with Gasteiger partial charge in [-0.3, -0.25) is 4.79 Å². The number of hydrogen-bond donors (Lipinski definition) is 0. The number of ketones is 1. The van der Waals surface area contributed by atoms with Gasteiger partial charge in [0.05, 0.1) is 16.3 Å². The summed E-state index contributed by atoms with van der Waals surface area (Å²) in [7, 11) is 0. The molecule has 0 saturated carbocycles. The van der Waals surface area contributed by atoms with Crippen LogP contribution in [0.1, 0.15) is 36.5 Å². The fourth-order valence-electron chi connectivity index (χ4n) is 2.29. The molecule has 0 unspecified atom stereocenters. The molecule has 4 heteroatoms. The number of pyridine rings is 1. The van der Waals surface area contributed by atoms with Crippen molar-refractivity contribution in [1.29, 1.82) is 5.26 Å². The Morgan fingerprint density at radius 2 is 2.00 bits per heavy atom. The number of Topliss-reactive ketones (excluding diaryl/α,β-unsaturated/α-hetero) is 1. The van der Waals surface area contributed by atoms with Crippen LogP contribution in [0.15, 0.2) is 47.6 Å². The predicted octanol–water partition coefficient (Wildman–Crippen LogP) is 4.20. The molecule has 0 spiro atoms. The number of aromatic nitrogens is 1. The third-order valence-electron chi connectivity index (χ3n) is 3.55. The fourth-order valence-corrected chi connectivity index (χ4v) is 2.99. The zero-order valence-electron chi connectivity index (χ0n) is 13.3. The normalized spacial score (nSPS) is 10.3. The molecule has 0 N–H and O–H groups in total. The highest BCUT2D eigenvalue weighted by atomic mass is 32.2. The minimum atomic E-state index is 0.199. The first-order valence-electron chi connectivity index (χ1n) is 7.80. The molecule has 3 nitrogen and oxygen atoms in total. The zero-order chi connectivity index (χ0) is 16.5. The molecule has 0 aliphatic heterocycles. The van der Waals surface area contributed by atoms with E-state index in [-0.39, 0.29) is 5.78 Å². The number of nitrogens with zero attached hydrogens (tertiary/aromatic N) is 2. The summed E-state index contributed by atoms with van der Waals surface area (Å²) in [5, 5.41) is 9.52. The van der Waals surface area contributed by atoms with Gasteiger partial charge in [0.15, 0.2) is 0 Å². The lowest BCUT2D eigenvalue weighted by molar-refractivity contribution is -0.116. The van der Waals surface area contributed by atoms with Gasteiger partial charge in [0.1, 0.15) is 11.9 Å². The molecule has 0 aliphatic carbocycles. The van der Waals surface area contributed by atoms with Gasteiger partial charge in [-0.05, 0) is 36.1 Å². The van der Waals surface area contributed by atoms with E-state index in [2.05, 4.69) is 18.0 Å². The lowest BCUT2D eigenvalue weighted by atomic mass is 9.98. The van der Waals surface area contributed by atoms with Gasteiger partial charge < -0.3 is 0 Å². The molecule has 0 radical (unpaired) electrons. The third kappa shape index (κ3) is 5.54. The second-order valence-corrected chi connectivity index (χ2v) is 6.37. The Morgan fingerprint density at radius 3 is 2.65 bits per heavy atom. The summed E-state index contributed by atoms with van der Waals surface area (Å²) < 4.78 is 0. The molecule has 0 fully saturated rings. The van der Waals surface area contributed by atoms with Crippen molar-refractivity contribution in [2.24, 2.45) is 0 Å². The molecular weight excluding hydrogens is 304 g/mol. The summed E-state index contributed by atoms with van der Waals surface area (Å²) >= 11 is 1.42. The molecule has 2 aromatic rings. The number of aryl methyl sites for hydroxylation is 1. The van der Waals surface area contributed by atoms with Gasteiger partial charge >= 0.3 is 0 Å². The molecule has 2 rings (SSSR count). The van der Waals surface area contributed by atoms with Crippen molar-refractivity contribution in [3.8, 4) is 6.07 Å². The monoisotopic (exact) mass is 324 g/mol. The minimum Gasteiger partial charge on any atom is -0.298 e. The van der Waals surface area contributed by atoms with Gasteiger partial charge in [-0.25, -0.2) is 4.98 Å². The Balaban J connectivity index is 1.90. The predicted molar refractivity (Wildman–Crippen MR) is 93.4 cm³/mol. The first-order valence-corrected chi connectivity index (χ1v) is 8.79. The molecule has 0 amide bonds. The SMILES string of the molecule is CCCCc1ccccc1CC(=O)CSc1ccc(C#N)cn1. The van der Waals surface area contributed by atoms with E-state index < -0.39 is 0 Å². The topological polar surface area (TPSA) is 53.8 Å². The van der Waals surface area contributed by atoms with Gasteiger partial charge in [-0.15, -0.1) is 0 Å². The van der Waals surface area contributed by atoms with Gasteiger partial charge in [-0.1, -0.05) is 49.4 Å². The van der Waals surface area contributed by atoms with Crippen LogP contribution in [0.2, 0.25) is 0 Å². The zero-order valence-corrected chi connectivity index (χ0v) is 14.1. The Kier molecular flexibility index (Phi) is 6.83. The Hall–Kier alpha value is -2.12. The summed E-state index contributed by atoms with van der Waals surface area (Å²) in [5.74, 6) is 0.603. The first-order chi connectivity index (χ1) is 11.2. The van der Waals surface area contributed by atoms with Crippen molar-refractivity contribution in [1.82, 2.24) is 4.98 Å².